The number of hydrogen-bond acceptors (Lipinski definition) is 3. The zero-order chi connectivity index (χ0) is 20.5. The van der Waals surface area contributed by atoms with E-state index >= 15 is 0 Å². The predicted octanol–water partition coefficient (Wildman–Crippen LogP) is 6.48. The number of rotatable bonds is 8. The van der Waals surface area contributed by atoms with E-state index in [-0.39, 0.29) is 18.4 Å². The molecule has 0 aliphatic carbocycles. The van der Waals surface area contributed by atoms with Crippen molar-refractivity contribution in [2.75, 3.05) is 23.9 Å². The molecule has 6 heteroatoms. The third kappa shape index (κ3) is 6.16. The first-order valence-corrected chi connectivity index (χ1v) is 9.79. The van der Waals surface area contributed by atoms with Gasteiger partial charge in [0.2, 0.25) is 5.96 Å². The minimum Gasteiger partial charge on any atom is -0.497 e. The highest BCUT2D eigenvalue weighted by atomic mass is 35.5. The molecule has 0 amide bonds. The molecule has 158 valence electrons. The molecule has 0 saturated heterocycles. The van der Waals surface area contributed by atoms with Crippen LogP contribution in [0.2, 0.25) is 0 Å². The maximum absolute atomic E-state index is 8.72. The number of para-hydroxylation sites is 1. The van der Waals surface area contributed by atoms with Crippen LogP contribution in [0.3, 0.4) is 0 Å². The fraction of sp³-hybridized carbons (Fsp3) is 0.208. The summed E-state index contributed by atoms with van der Waals surface area (Å²) < 4.78 is 11.1. The van der Waals surface area contributed by atoms with Crippen LogP contribution < -0.4 is 19.7 Å². The van der Waals surface area contributed by atoms with Gasteiger partial charge in [-0.3, -0.25) is 10.3 Å². The Hall–Kier alpha value is -3.18. The quantitative estimate of drug-likeness (QED) is 0.246. The number of anilines is 3. The summed E-state index contributed by atoms with van der Waals surface area (Å²) in [5.41, 5.74) is 2.55. The Labute approximate surface area is 184 Å². The number of nitrogens with zero attached hydrogens (tertiary/aromatic N) is 1. The standard InChI is InChI=1S/C24H27N3O2.ClH/c1-3-4-17-29-22-15-13-19(14-16-22)26-24(25)27(20-9-6-5-7-10-20)21-11-8-12-23(18-21)28-2;/h5-16,18H,3-4,17H2,1-2H3,(H2,25,26);1H. The van der Waals surface area contributed by atoms with Gasteiger partial charge in [-0.2, -0.15) is 0 Å². The van der Waals surface area contributed by atoms with Crippen molar-refractivity contribution in [3.63, 3.8) is 0 Å². The van der Waals surface area contributed by atoms with E-state index in [1.54, 1.807) is 7.11 Å². The Morgan fingerprint density at radius 3 is 2.27 bits per heavy atom. The lowest BCUT2D eigenvalue weighted by molar-refractivity contribution is 0.309. The molecule has 0 radical (unpaired) electrons. The van der Waals surface area contributed by atoms with Crippen molar-refractivity contribution in [3.8, 4) is 11.5 Å². The molecule has 3 aromatic rings. The molecular weight excluding hydrogens is 398 g/mol. The van der Waals surface area contributed by atoms with Crippen LogP contribution in [-0.4, -0.2) is 19.7 Å². The van der Waals surface area contributed by atoms with Gasteiger partial charge in [-0.1, -0.05) is 37.6 Å². The highest BCUT2D eigenvalue weighted by Gasteiger charge is 2.16. The second kappa shape index (κ2) is 11.7. The molecule has 3 aromatic carbocycles. The molecule has 0 aromatic heterocycles. The highest BCUT2D eigenvalue weighted by molar-refractivity contribution is 6.08. The maximum atomic E-state index is 8.72. The predicted molar refractivity (Wildman–Crippen MR) is 127 cm³/mol. The molecule has 2 N–H and O–H groups in total. The summed E-state index contributed by atoms with van der Waals surface area (Å²) in [5, 5.41) is 11.9. The van der Waals surface area contributed by atoms with Gasteiger partial charge in [0.25, 0.3) is 0 Å². The van der Waals surface area contributed by atoms with Crippen molar-refractivity contribution in [1.29, 1.82) is 5.41 Å². The third-order valence-electron chi connectivity index (χ3n) is 4.43. The number of nitrogens with one attached hydrogen (secondary N) is 2. The lowest BCUT2D eigenvalue weighted by Crippen LogP contribution is -2.31. The maximum Gasteiger partial charge on any atom is 0.204 e. The molecule has 30 heavy (non-hydrogen) atoms. The minimum atomic E-state index is 0. The van der Waals surface area contributed by atoms with Gasteiger partial charge in [0.1, 0.15) is 11.5 Å². The van der Waals surface area contributed by atoms with Gasteiger partial charge < -0.3 is 14.8 Å². The van der Waals surface area contributed by atoms with E-state index in [2.05, 4.69) is 12.2 Å². The number of halogens is 1. The third-order valence-corrected chi connectivity index (χ3v) is 4.43. The van der Waals surface area contributed by atoms with Crippen LogP contribution in [0.5, 0.6) is 11.5 Å². The number of hydrogen-bond donors (Lipinski definition) is 2. The normalized spacial score (nSPS) is 9.93. The monoisotopic (exact) mass is 425 g/mol. The molecule has 0 unspecified atom stereocenters. The van der Waals surface area contributed by atoms with E-state index in [1.165, 1.54) is 0 Å². The van der Waals surface area contributed by atoms with Crippen molar-refractivity contribution in [2.24, 2.45) is 0 Å². The highest BCUT2D eigenvalue weighted by Crippen LogP contribution is 2.29. The first-order valence-electron chi connectivity index (χ1n) is 9.79. The van der Waals surface area contributed by atoms with E-state index in [4.69, 9.17) is 14.9 Å². The Balaban J connectivity index is 0.00000320. The van der Waals surface area contributed by atoms with E-state index in [1.807, 2.05) is 83.8 Å². The van der Waals surface area contributed by atoms with Crippen LogP contribution in [0.25, 0.3) is 0 Å². The van der Waals surface area contributed by atoms with Gasteiger partial charge in [0, 0.05) is 17.4 Å². The average molecular weight is 426 g/mol. The van der Waals surface area contributed by atoms with E-state index in [0.717, 1.165) is 48.0 Å². The molecule has 3 rings (SSSR count). The number of benzene rings is 3. The molecule has 0 heterocycles. The first-order chi connectivity index (χ1) is 14.2. The van der Waals surface area contributed by atoms with Gasteiger partial charge in [0.05, 0.1) is 19.4 Å². The van der Waals surface area contributed by atoms with Gasteiger partial charge in [-0.25, -0.2) is 0 Å². The van der Waals surface area contributed by atoms with Crippen LogP contribution in [0, 0.1) is 5.41 Å². The summed E-state index contributed by atoms with van der Waals surface area (Å²) in [6, 6.07) is 25.2. The van der Waals surface area contributed by atoms with Crippen LogP contribution >= 0.6 is 12.4 Å². The van der Waals surface area contributed by atoms with Crippen molar-refractivity contribution < 1.29 is 9.47 Å². The Bertz CT molecular complexity index is 917. The summed E-state index contributed by atoms with van der Waals surface area (Å²) in [6.45, 7) is 2.86. The smallest absolute Gasteiger partial charge is 0.204 e. The first kappa shape index (κ1) is 23.1. The lowest BCUT2D eigenvalue weighted by Gasteiger charge is -2.26. The molecule has 0 saturated carbocycles. The van der Waals surface area contributed by atoms with Crippen molar-refractivity contribution in [1.82, 2.24) is 0 Å². The van der Waals surface area contributed by atoms with Gasteiger partial charge >= 0.3 is 0 Å². The zero-order valence-electron chi connectivity index (χ0n) is 17.3. The fourth-order valence-corrected chi connectivity index (χ4v) is 2.90. The molecule has 0 aliphatic rings. The Kier molecular flexibility index (Phi) is 9.03. The summed E-state index contributed by atoms with van der Waals surface area (Å²) >= 11 is 0. The van der Waals surface area contributed by atoms with Gasteiger partial charge in [-0.15, -0.1) is 12.4 Å². The van der Waals surface area contributed by atoms with Crippen LogP contribution in [0.15, 0.2) is 78.9 Å². The largest absolute Gasteiger partial charge is 0.497 e. The zero-order valence-corrected chi connectivity index (χ0v) is 18.1. The van der Waals surface area contributed by atoms with E-state index in [0.29, 0.717) is 0 Å². The van der Waals surface area contributed by atoms with Crippen molar-refractivity contribution in [3.05, 3.63) is 78.9 Å². The summed E-state index contributed by atoms with van der Waals surface area (Å²) in [6.07, 6.45) is 2.15. The number of methoxy groups -OCH3 is 1. The fourth-order valence-electron chi connectivity index (χ4n) is 2.90. The lowest BCUT2D eigenvalue weighted by atomic mass is 10.2. The minimum absolute atomic E-state index is 0. The number of ether oxygens (including phenoxy) is 2. The second-order valence-corrected chi connectivity index (χ2v) is 6.57. The van der Waals surface area contributed by atoms with Crippen LogP contribution in [0.4, 0.5) is 17.1 Å². The number of unbranched alkanes of at least 4 members (excludes halogenated alkanes) is 1. The summed E-state index contributed by atoms with van der Waals surface area (Å²) in [4.78, 5) is 1.84. The summed E-state index contributed by atoms with van der Waals surface area (Å²) in [7, 11) is 1.64. The van der Waals surface area contributed by atoms with Crippen molar-refractivity contribution in [2.45, 2.75) is 19.8 Å². The molecule has 0 spiro atoms. The molecule has 0 aliphatic heterocycles. The molecule has 0 atom stereocenters. The Morgan fingerprint density at radius 2 is 1.60 bits per heavy atom. The van der Waals surface area contributed by atoms with Crippen molar-refractivity contribution >= 4 is 35.4 Å². The molecule has 5 nitrogen and oxygen atoms in total. The molecule has 0 bridgehead atoms. The SMILES string of the molecule is CCCCOc1ccc(NC(=N)N(c2ccccc2)c2cccc(OC)c2)cc1.Cl. The number of guanidine groups is 1. The van der Waals surface area contributed by atoms with E-state index in [9.17, 15) is 0 Å². The molecular formula is C24H28ClN3O2. The van der Waals surface area contributed by atoms with E-state index < -0.39 is 0 Å². The van der Waals surface area contributed by atoms with Gasteiger partial charge in [0.15, 0.2) is 0 Å². The van der Waals surface area contributed by atoms with Crippen LogP contribution in [-0.2, 0) is 0 Å². The average Bonchev–Trinajstić information content (AvgIpc) is 2.76. The summed E-state index contributed by atoms with van der Waals surface area (Å²) in [5.74, 6) is 1.82. The Morgan fingerprint density at radius 1 is 0.900 bits per heavy atom. The van der Waals surface area contributed by atoms with Crippen LogP contribution in [0.1, 0.15) is 19.8 Å². The second-order valence-electron chi connectivity index (χ2n) is 6.57. The molecule has 0 fully saturated rings. The topological polar surface area (TPSA) is 57.6 Å². The van der Waals surface area contributed by atoms with Gasteiger partial charge in [-0.05, 0) is 55.0 Å².